The van der Waals surface area contributed by atoms with E-state index in [2.05, 4.69) is 58.9 Å². The van der Waals surface area contributed by atoms with Gasteiger partial charge in [-0.2, -0.15) is 0 Å². The minimum Gasteiger partial charge on any atom is -0.474 e. The summed E-state index contributed by atoms with van der Waals surface area (Å²) in [6.07, 6.45) is 4.02. The summed E-state index contributed by atoms with van der Waals surface area (Å²) in [6.45, 7) is 18.7. The molecule has 2 heterocycles. The molecule has 3 aromatic carbocycles. The molecule has 1 aromatic heterocycles. The number of carbonyl (C=O) groups excluding carboxylic acids is 1. The van der Waals surface area contributed by atoms with Crippen LogP contribution >= 0.6 is 0 Å². The second-order valence-electron chi connectivity index (χ2n) is 11.9. The third-order valence-corrected chi connectivity index (χ3v) is 7.91. The number of amides is 1. The van der Waals surface area contributed by atoms with Crippen LogP contribution in [0.25, 0.3) is 33.2 Å². The molecule has 1 fully saturated rings. The molecule has 214 valence electrons. The Morgan fingerprint density at radius 1 is 1.02 bits per heavy atom. The van der Waals surface area contributed by atoms with Crippen molar-refractivity contribution in [1.29, 1.82) is 0 Å². The first-order valence-electron chi connectivity index (χ1n) is 14.7. The van der Waals surface area contributed by atoms with E-state index in [1.165, 1.54) is 0 Å². The molecular weight excluding hydrogens is 508 g/mol. The van der Waals surface area contributed by atoms with Crippen LogP contribution in [0.15, 0.2) is 73.3 Å². The smallest absolute Gasteiger partial charge is 0.254 e. The second-order valence-corrected chi connectivity index (χ2v) is 11.9. The lowest BCUT2D eigenvalue weighted by atomic mass is 9.96. The number of aromatic nitrogens is 2. The highest BCUT2D eigenvalue weighted by Gasteiger charge is 2.31. The van der Waals surface area contributed by atoms with Crippen LogP contribution in [0.2, 0.25) is 0 Å². The highest BCUT2D eigenvalue weighted by atomic mass is 16.5. The van der Waals surface area contributed by atoms with Gasteiger partial charge in [-0.3, -0.25) is 4.79 Å². The zero-order valence-electron chi connectivity index (χ0n) is 25.3. The normalized spacial score (nSPS) is 15.4. The summed E-state index contributed by atoms with van der Waals surface area (Å²) in [7, 11) is 0. The number of ether oxygens (including phenoxy) is 1. The topological polar surface area (TPSA) is 61.5 Å². The van der Waals surface area contributed by atoms with E-state index in [0.29, 0.717) is 19.0 Å². The van der Waals surface area contributed by atoms with Crippen molar-refractivity contribution in [2.75, 3.05) is 19.6 Å². The number of nitrogens with one attached hydrogen (secondary N) is 1. The van der Waals surface area contributed by atoms with E-state index in [9.17, 15) is 4.79 Å². The number of benzene rings is 3. The summed E-state index contributed by atoms with van der Waals surface area (Å²) < 4.78 is 6.07. The van der Waals surface area contributed by atoms with Crippen molar-refractivity contribution in [1.82, 2.24) is 19.8 Å². The van der Waals surface area contributed by atoms with Gasteiger partial charge in [-0.25, -0.2) is 4.98 Å². The molecule has 0 radical (unpaired) electrons. The fourth-order valence-electron chi connectivity index (χ4n) is 5.72. The summed E-state index contributed by atoms with van der Waals surface area (Å²) >= 11 is 0. The lowest BCUT2D eigenvalue weighted by Gasteiger charge is -2.32. The Morgan fingerprint density at radius 3 is 2.34 bits per heavy atom. The maximum Gasteiger partial charge on any atom is 0.254 e. The summed E-state index contributed by atoms with van der Waals surface area (Å²) in [5.74, 6) is 1.74. The highest BCUT2D eigenvalue weighted by Crippen LogP contribution is 2.36. The number of rotatable bonds is 8. The molecule has 4 aromatic rings. The Labute approximate surface area is 244 Å². The molecule has 1 aliphatic heterocycles. The van der Waals surface area contributed by atoms with Gasteiger partial charge < -0.3 is 19.5 Å². The number of nitrogens with zero attached hydrogens (tertiary/aromatic N) is 3. The van der Waals surface area contributed by atoms with E-state index in [1.54, 1.807) is 0 Å². The van der Waals surface area contributed by atoms with E-state index in [0.717, 1.165) is 69.5 Å². The summed E-state index contributed by atoms with van der Waals surface area (Å²) in [4.78, 5) is 25.5. The summed E-state index contributed by atoms with van der Waals surface area (Å²) in [6, 6.07) is 19.3. The molecule has 5 rings (SSSR count). The average molecular weight is 551 g/mol. The average Bonchev–Trinajstić information content (AvgIpc) is 3.63. The second kappa shape index (κ2) is 11.4. The maximum absolute atomic E-state index is 13.1. The number of imidazole rings is 1. The number of carbonyl (C=O) groups is 1. The van der Waals surface area contributed by atoms with Crippen molar-refractivity contribution in [3.05, 3.63) is 90.2 Å². The molecule has 1 atom stereocenters. The van der Waals surface area contributed by atoms with E-state index in [-0.39, 0.29) is 17.6 Å². The molecule has 0 unspecified atom stereocenters. The van der Waals surface area contributed by atoms with Crippen LogP contribution in [0, 0.1) is 6.92 Å². The van der Waals surface area contributed by atoms with Crippen LogP contribution in [0.4, 0.5) is 0 Å². The number of fused-ring (bicyclic) bond motifs is 1. The first-order chi connectivity index (χ1) is 19.6. The minimum absolute atomic E-state index is 0.0884. The Bertz CT molecular complexity index is 1570. The van der Waals surface area contributed by atoms with Gasteiger partial charge in [0.2, 0.25) is 0 Å². The molecular formula is C35H42N4O2. The maximum atomic E-state index is 13.1. The Balaban J connectivity index is 1.38. The van der Waals surface area contributed by atoms with Gasteiger partial charge in [-0.15, -0.1) is 0 Å². The molecule has 41 heavy (non-hydrogen) atoms. The Kier molecular flexibility index (Phi) is 7.94. The first kappa shape index (κ1) is 28.5. The van der Waals surface area contributed by atoms with Crippen LogP contribution in [0.1, 0.15) is 75.2 Å². The van der Waals surface area contributed by atoms with Gasteiger partial charge in [0.25, 0.3) is 5.91 Å². The third kappa shape index (κ3) is 6.02. The molecule has 1 amide bonds. The van der Waals surface area contributed by atoms with Crippen molar-refractivity contribution in [3.63, 3.8) is 0 Å². The van der Waals surface area contributed by atoms with Crippen LogP contribution in [-0.4, -0.2) is 50.9 Å². The zero-order chi connectivity index (χ0) is 29.3. The van der Waals surface area contributed by atoms with Gasteiger partial charge in [0.15, 0.2) is 5.88 Å². The van der Waals surface area contributed by atoms with Crippen LogP contribution in [0.5, 0.6) is 0 Å². The lowest BCUT2D eigenvalue weighted by molar-refractivity contribution is -0.00142. The summed E-state index contributed by atoms with van der Waals surface area (Å²) in [5, 5.41) is 2.31. The quantitative estimate of drug-likeness (QED) is 0.225. The number of likely N-dealkylation sites (tertiary alicyclic amines) is 1. The minimum atomic E-state index is -0.284. The number of aryl methyl sites for hydroxylation is 1. The van der Waals surface area contributed by atoms with E-state index in [4.69, 9.17) is 9.72 Å². The molecule has 0 bridgehead atoms. The van der Waals surface area contributed by atoms with Gasteiger partial charge in [0, 0.05) is 30.8 Å². The Morgan fingerprint density at radius 2 is 1.66 bits per heavy atom. The fraction of sp³-hybridized carbons (Fsp3) is 0.371. The van der Waals surface area contributed by atoms with Crippen LogP contribution in [-0.2, 0) is 4.74 Å². The van der Waals surface area contributed by atoms with Crippen molar-refractivity contribution in [2.24, 2.45) is 0 Å². The molecule has 6 nitrogen and oxygen atoms in total. The predicted molar refractivity (Wildman–Crippen MR) is 168 cm³/mol. The van der Waals surface area contributed by atoms with Crippen molar-refractivity contribution >= 4 is 16.7 Å². The molecule has 6 heteroatoms. The first-order valence-corrected chi connectivity index (χ1v) is 14.7. The molecule has 1 aliphatic rings. The van der Waals surface area contributed by atoms with Gasteiger partial charge in [-0.1, -0.05) is 36.4 Å². The Hall–Kier alpha value is -4.06. The van der Waals surface area contributed by atoms with Crippen molar-refractivity contribution in [2.45, 2.75) is 66.0 Å². The zero-order valence-corrected chi connectivity index (χ0v) is 25.3. The summed E-state index contributed by atoms with van der Waals surface area (Å²) in [5.41, 5.74) is 5.73. The van der Waals surface area contributed by atoms with E-state index >= 15 is 0 Å². The molecule has 1 N–H and O–H groups in total. The van der Waals surface area contributed by atoms with Gasteiger partial charge in [-0.05, 0) is 107 Å². The largest absolute Gasteiger partial charge is 0.474 e. The molecule has 0 saturated carbocycles. The molecule has 0 spiro atoms. The number of aromatic amines is 1. The number of H-pyrrole nitrogens is 1. The van der Waals surface area contributed by atoms with Gasteiger partial charge in [0.05, 0.1) is 17.9 Å². The lowest BCUT2D eigenvalue weighted by Crippen LogP contribution is -2.31. The van der Waals surface area contributed by atoms with Crippen molar-refractivity contribution < 1.29 is 9.53 Å². The monoisotopic (exact) mass is 550 g/mol. The highest BCUT2D eigenvalue weighted by molar-refractivity contribution is 5.97. The fourth-order valence-corrected chi connectivity index (χ4v) is 5.72. The number of hydrogen-bond donors (Lipinski definition) is 1. The third-order valence-electron chi connectivity index (χ3n) is 7.91. The van der Waals surface area contributed by atoms with E-state index < -0.39 is 0 Å². The predicted octanol–water partition coefficient (Wildman–Crippen LogP) is 8.11. The molecule has 1 saturated heterocycles. The van der Waals surface area contributed by atoms with Crippen molar-refractivity contribution in [3.8, 4) is 22.4 Å². The van der Waals surface area contributed by atoms with E-state index in [1.807, 2.05) is 64.8 Å². The SMILES string of the molecule is C=C(OC(C)(C)C)N1CCC[C@H]1c1ncc(-c2ccc3cc(-c4ccc(C)c(C(=O)N(CC)CC)c4)ccc3c2)[nH]1. The standard InChI is InChI=1S/C35H42N4O2/c1-8-38(9-2)34(40)30-21-28(13-12-23(30)3)26-14-15-27-20-29(17-16-25(27)19-26)31-22-36-33(37-31)32-11-10-18-39(32)24(4)41-35(5,6)7/h12-17,19-22,32H,4,8-11,18H2,1-3,5-7H3,(H,36,37)/t32-/m0/s1. The van der Waals surface area contributed by atoms with Gasteiger partial charge in [0.1, 0.15) is 11.4 Å². The number of hydrogen-bond acceptors (Lipinski definition) is 4. The van der Waals surface area contributed by atoms with Gasteiger partial charge >= 0.3 is 0 Å². The van der Waals surface area contributed by atoms with Crippen LogP contribution < -0.4 is 0 Å². The van der Waals surface area contributed by atoms with Crippen LogP contribution in [0.3, 0.4) is 0 Å². The molecule has 0 aliphatic carbocycles.